The van der Waals surface area contributed by atoms with Crippen LogP contribution >= 0.6 is 0 Å². The van der Waals surface area contributed by atoms with Crippen molar-refractivity contribution in [1.82, 2.24) is 0 Å². The highest BCUT2D eigenvalue weighted by Crippen LogP contribution is 2.28. The Labute approximate surface area is 133 Å². The van der Waals surface area contributed by atoms with Gasteiger partial charge >= 0.3 is 0 Å². The molecular formula is C17H16N2O4. The first-order valence-corrected chi connectivity index (χ1v) is 6.88. The number of ketones is 1. The molecular weight excluding hydrogens is 296 g/mol. The maximum absolute atomic E-state index is 12.0. The largest absolute Gasteiger partial charge is 0.495 e. The summed E-state index contributed by atoms with van der Waals surface area (Å²) in [5, 5.41) is 13.7. The van der Waals surface area contributed by atoms with Crippen molar-refractivity contribution < 1.29 is 14.5 Å². The van der Waals surface area contributed by atoms with Gasteiger partial charge in [-0.15, -0.1) is 0 Å². The standard InChI is InChI=1S/C17H16N2O4/c1-12-3-5-13(6-4-12)16(20)9-10-18-15-11-14(19(21)22)7-8-17(15)23-2/h3-11,18H,1-2H3/b10-9+. The van der Waals surface area contributed by atoms with Crippen molar-refractivity contribution in [2.45, 2.75) is 6.92 Å². The lowest BCUT2D eigenvalue weighted by Crippen LogP contribution is -1.98. The van der Waals surface area contributed by atoms with Gasteiger partial charge in [0.2, 0.25) is 0 Å². The van der Waals surface area contributed by atoms with E-state index in [0.29, 0.717) is 17.0 Å². The number of ether oxygens (including phenoxy) is 1. The predicted octanol–water partition coefficient (Wildman–Crippen LogP) is 3.72. The fourth-order valence-corrected chi connectivity index (χ4v) is 1.94. The van der Waals surface area contributed by atoms with Crippen molar-refractivity contribution in [2.24, 2.45) is 0 Å². The van der Waals surface area contributed by atoms with E-state index in [4.69, 9.17) is 4.74 Å². The maximum Gasteiger partial charge on any atom is 0.271 e. The van der Waals surface area contributed by atoms with E-state index in [2.05, 4.69) is 5.32 Å². The van der Waals surface area contributed by atoms with Gasteiger partial charge in [0.1, 0.15) is 5.75 Å². The molecule has 6 heteroatoms. The fourth-order valence-electron chi connectivity index (χ4n) is 1.94. The van der Waals surface area contributed by atoms with Gasteiger partial charge in [0.25, 0.3) is 5.69 Å². The minimum absolute atomic E-state index is 0.0634. The normalized spacial score (nSPS) is 10.5. The zero-order chi connectivity index (χ0) is 16.8. The molecule has 23 heavy (non-hydrogen) atoms. The van der Waals surface area contributed by atoms with E-state index in [9.17, 15) is 14.9 Å². The van der Waals surface area contributed by atoms with Crippen molar-refractivity contribution in [1.29, 1.82) is 0 Å². The summed E-state index contributed by atoms with van der Waals surface area (Å²) in [5.74, 6) is 0.282. The second kappa shape index (κ2) is 7.22. The van der Waals surface area contributed by atoms with Crippen LogP contribution in [0.1, 0.15) is 15.9 Å². The van der Waals surface area contributed by atoms with Crippen molar-refractivity contribution in [3.63, 3.8) is 0 Å². The van der Waals surface area contributed by atoms with Crippen LogP contribution in [0.2, 0.25) is 0 Å². The third-order valence-corrected chi connectivity index (χ3v) is 3.20. The van der Waals surface area contributed by atoms with Crippen molar-refractivity contribution in [3.05, 3.63) is 76.0 Å². The van der Waals surface area contributed by atoms with Crippen LogP contribution in [0.3, 0.4) is 0 Å². The van der Waals surface area contributed by atoms with Gasteiger partial charge in [-0.25, -0.2) is 0 Å². The first kappa shape index (κ1) is 16.2. The zero-order valence-corrected chi connectivity index (χ0v) is 12.8. The fraction of sp³-hybridized carbons (Fsp3) is 0.118. The lowest BCUT2D eigenvalue weighted by Gasteiger charge is -2.07. The van der Waals surface area contributed by atoms with E-state index >= 15 is 0 Å². The molecule has 0 aromatic heterocycles. The predicted molar refractivity (Wildman–Crippen MR) is 87.9 cm³/mol. The SMILES string of the molecule is COc1ccc([N+](=O)[O-])cc1N/C=C/C(=O)c1ccc(C)cc1. The van der Waals surface area contributed by atoms with Crippen LogP contribution in [-0.2, 0) is 0 Å². The molecule has 118 valence electrons. The number of carbonyl (C=O) groups excluding carboxylic acids is 1. The molecule has 0 aliphatic heterocycles. The molecule has 2 rings (SSSR count). The average molecular weight is 312 g/mol. The average Bonchev–Trinajstić information content (AvgIpc) is 2.55. The first-order chi connectivity index (χ1) is 11.0. The quantitative estimate of drug-likeness (QED) is 0.380. The Morgan fingerprint density at radius 2 is 1.91 bits per heavy atom. The van der Waals surface area contributed by atoms with Crippen LogP contribution in [0.5, 0.6) is 5.75 Å². The number of anilines is 1. The summed E-state index contributed by atoms with van der Waals surface area (Å²) in [6, 6.07) is 11.4. The second-order valence-electron chi connectivity index (χ2n) is 4.85. The molecule has 0 aliphatic rings. The highest BCUT2D eigenvalue weighted by atomic mass is 16.6. The third-order valence-electron chi connectivity index (χ3n) is 3.20. The third kappa shape index (κ3) is 4.16. The molecule has 0 aliphatic carbocycles. The number of hydrogen-bond acceptors (Lipinski definition) is 5. The summed E-state index contributed by atoms with van der Waals surface area (Å²) >= 11 is 0. The van der Waals surface area contributed by atoms with Crippen LogP contribution < -0.4 is 10.1 Å². The van der Waals surface area contributed by atoms with Gasteiger partial charge in [-0.3, -0.25) is 14.9 Å². The van der Waals surface area contributed by atoms with Crippen LogP contribution in [-0.4, -0.2) is 17.8 Å². The summed E-state index contributed by atoms with van der Waals surface area (Å²) in [4.78, 5) is 22.3. The number of hydrogen-bond donors (Lipinski definition) is 1. The molecule has 6 nitrogen and oxygen atoms in total. The maximum atomic E-state index is 12.0. The molecule has 0 saturated heterocycles. The smallest absolute Gasteiger partial charge is 0.271 e. The first-order valence-electron chi connectivity index (χ1n) is 6.88. The number of methoxy groups -OCH3 is 1. The molecule has 0 radical (unpaired) electrons. The Bertz CT molecular complexity index is 752. The molecule has 0 atom stereocenters. The van der Waals surface area contributed by atoms with Gasteiger partial charge in [0, 0.05) is 30.0 Å². The van der Waals surface area contributed by atoms with Crippen LogP contribution in [0.15, 0.2) is 54.7 Å². The molecule has 2 aromatic carbocycles. The number of allylic oxidation sites excluding steroid dienone is 1. The second-order valence-corrected chi connectivity index (χ2v) is 4.85. The lowest BCUT2D eigenvalue weighted by molar-refractivity contribution is -0.384. The number of nitrogens with one attached hydrogen (secondary N) is 1. The van der Waals surface area contributed by atoms with Crippen molar-refractivity contribution >= 4 is 17.2 Å². The lowest BCUT2D eigenvalue weighted by atomic mass is 10.1. The van der Waals surface area contributed by atoms with Gasteiger partial charge < -0.3 is 10.1 Å². The van der Waals surface area contributed by atoms with Gasteiger partial charge in [0.05, 0.1) is 17.7 Å². The molecule has 0 heterocycles. The highest BCUT2D eigenvalue weighted by molar-refractivity contribution is 6.04. The summed E-state index contributed by atoms with van der Waals surface area (Å²) in [5.41, 5.74) is 1.99. The Balaban J connectivity index is 2.13. The number of carbonyl (C=O) groups is 1. The summed E-state index contributed by atoms with van der Waals surface area (Å²) in [6.07, 6.45) is 2.80. The Morgan fingerprint density at radius 1 is 1.22 bits per heavy atom. The number of nitro groups is 1. The molecule has 0 amide bonds. The topological polar surface area (TPSA) is 81.5 Å². The Hall–Kier alpha value is -3.15. The molecule has 0 saturated carbocycles. The number of nitrogens with zero attached hydrogens (tertiary/aromatic N) is 1. The molecule has 1 N–H and O–H groups in total. The van der Waals surface area contributed by atoms with E-state index < -0.39 is 4.92 Å². The molecule has 0 fully saturated rings. The number of benzene rings is 2. The minimum Gasteiger partial charge on any atom is -0.495 e. The zero-order valence-electron chi connectivity index (χ0n) is 12.8. The van der Waals surface area contributed by atoms with Gasteiger partial charge in [-0.1, -0.05) is 29.8 Å². The summed E-state index contributed by atoms with van der Waals surface area (Å²) < 4.78 is 5.13. The highest BCUT2D eigenvalue weighted by Gasteiger charge is 2.10. The van der Waals surface area contributed by atoms with Gasteiger partial charge in [-0.2, -0.15) is 0 Å². The molecule has 0 spiro atoms. The summed E-state index contributed by atoms with van der Waals surface area (Å²) in [7, 11) is 1.47. The van der Waals surface area contributed by atoms with Gasteiger partial charge in [-0.05, 0) is 13.0 Å². The van der Waals surface area contributed by atoms with Crippen LogP contribution in [0.4, 0.5) is 11.4 Å². The molecule has 0 unspecified atom stereocenters. The number of non-ortho nitro benzene ring substituents is 1. The number of rotatable bonds is 6. The van der Waals surface area contributed by atoms with Crippen LogP contribution in [0.25, 0.3) is 0 Å². The van der Waals surface area contributed by atoms with Crippen molar-refractivity contribution in [3.8, 4) is 5.75 Å². The number of aryl methyl sites for hydroxylation is 1. The van der Waals surface area contributed by atoms with E-state index in [1.807, 2.05) is 19.1 Å². The van der Waals surface area contributed by atoms with Crippen molar-refractivity contribution in [2.75, 3.05) is 12.4 Å². The monoisotopic (exact) mass is 312 g/mol. The minimum atomic E-state index is -0.494. The van der Waals surface area contributed by atoms with E-state index in [1.54, 1.807) is 12.1 Å². The van der Waals surface area contributed by atoms with E-state index in [-0.39, 0.29) is 11.5 Å². The van der Waals surface area contributed by atoms with Crippen LogP contribution in [0, 0.1) is 17.0 Å². The Morgan fingerprint density at radius 3 is 2.52 bits per heavy atom. The van der Waals surface area contributed by atoms with E-state index in [1.165, 1.54) is 37.6 Å². The molecule has 0 bridgehead atoms. The van der Waals surface area contributed by atoms with E-state index in [0.717, 1.165) is 5.56 Å². The Kier molecular flexibility index (Phi) is 5.09. The van der Waals surface area contributed by atoms with Gasteiger partial charge in [0.15, 0.2) is 5.78 Å². The number of nitro benzene ring substituents is 1. The molecule has 2 aromatic rings. The summed E-state index contributed by atoms with van der Waals surface area (Å²) in [6.45, 7) is 1.94.